The van der Waals surface area contributed by atoms with Crippen molar-refractivity contribution in [2.45, 2.75) is 50.7 Å². The first-order valence-electron chi connectivity index (χ1n) is 7.84. The molecule has 1 saturated carbocycles. The molecule has 23 heavy (non-hydrogen) atoms. The van der Waals surface area contributed by atoms with Crippen LogP contribution < -0.4 is 14.8 Å². The molecular formula is C16H24N2O4S. The fraction of sp³-hybridized carbons (Fsp3) is 0.562. The van der Waals surface area contributed by atoms with Crippen LogP contribution in [0.25, 0.3) is 0 Å². The second kappa shape index (κ2) is 7.31. The van der Waals surface area contributed by atoms with E-state index in [1.54, 1.807) is 19.1 Å². The molecule has 2 N–H and O–H groups in total. The zero-order valence-electron chi connectivity index (χ0n) is 13.7. The van der Waals surface area contributed by atoms with Crippen LogP contribution in [0.2, 0.25) is 0 Å². The molecule has 1 aliphatic rings. The van der Waals surface area contributed by atoms with Crippen molar-refractivity contribution in [1.29, 1.82) is 0 Å². The van der Waals surface area contributed by atoms with E-state index in [1.807, 2.05) is 13.8 Å². The highest BCUT2D eigenvalue weighted by atomic mass is 32.2. The summed E-state index contributed by atoms with van der Waals surface area (Å²) in [5, 5.41) is 2.80. The monoisotopic (exact) mass is 340 g/mol. The second-order valence-corrected chi connectivity index (χ2v) is 7.98. The van der Waals surface area contributed by atoms with Gasteiger partial charge in [-0.25, -0.2) is 13.1 Å². The molecule has 0 radical (unpaired) electrons. The second-order valence-electron chi connectivity index (χ2n) is 6.27. The van der Waals surface area contributed by atoms with Crippen molar-refractivity contribution in [3.05, 3.63) is 24.3 Å². The first-order valence-corrected chi connectivity index (χ1v) is 9.33. The lowest BCUT2D eigenvalue weighted by molar-refractivity contribution is -0.127. The molecule has 0 unspecified atom stereocenters. The number of amides is 1. The van der Waals surface area contributed by atoms with Crippen LogP contribution in [0.3, 0.4) is 0 Å². The number of hydrogen-bond donors (Lipinski definition) is 2. The minimum Gasteiger partial charge on any atom is -0.481 e. The largest absolute Gasteiger partial charge is 0.481 e. The molecule has 1 atom stereocenters. The van der Waals surface area contributed by atoms with E-state index in [9.17, 15) is 13.2 Å². The number of rotatable bonds is 8. The Bertz CT molecular complexity index is 637. The Morgan fingerprint density at radius 3 is 2.35 bits per heavy atom. The van der Waals surface area contributed by atoms with E-state index < -0.39 is 16.1 Å². The molecule has 6 nitrogen and oxygen atoms in total. The smallest absolute Gasteiger partial charge is 0.260 e. The number of carbonyl (C=O) groups is 1. The van der Waals surface area contributed by atoms with Crippen LogP contribution in [0.4, 0.5) is 0 Å². The molecule has 0 saturated heterocycles. The third-order valence-corrected chi connectivity index (χ3v) is 4.94. The van der Waals surface area contributed by atoms with Crippen LogP contribution in [-0.2, 0) is 14.8 Å². The van der Waals surface area contributed by atoms with Crippen molar-refractivity contribution < 1.29 is 17.9 Å². The summed E-state index contributed by atoms with van der Waals surface area (Å²) in [7, 11) is -3.46. The molecule has 1 amide bonds. The maximum atomic E-state index is 12.1. The fourth-order valence-electron chi connectivity index (χ4n) is 1.89. The maximum Gasteiger partial charge on any atom is 0.260 e. The van der Waals surface area contributed by atoms with Gasteiger partial charge in [0.15, 0.2) is 6.10 Å². The Morgan fingerprint density at radius 2 is 1.83 bits per heavy atom. The van der Waals surface area contributed by atoms with E-state index >= 15 is 0 Å². The van der Waals surface area contributed by atoms with E-state index in [1.165, 1.54) is 12.1 Å². The summed E-state index contributed by atoms with van der Waals surface area (Å²) in [5.41, 5.74) is 0. The zero-order chi connectivity index (χ0) is 17.0. The van der Waals surface area contributed by atoms with Crippen LogP contribution in [0.1, 0.15) is 33.6 Å². The van der Waals surface area contributed by atoms with Crippen molar-refractivity contribution in [3.63, 3.8) is 0 Å². The molecule has 0 heterocycles. The summed E-state index contributed by atoms with van der Waals surface area (Å²) in [5.74, 6) is 0.642. The lowest BCUT2D eigenvalue weighted by atomic mass is 10.2. The van der Waals surface area contributed by atoms with Crippen molar-refractivity contribution in [3.8, 4) is 5.75 Å². The Labute approximate surface area is 137 Å². The first-order chi connectivity index (χ1) is 10.8. The SMILES string of the molecule is CC(C)CNC(=O)[C@@H](C)Oc1ccc(S(=O)(=O)NC2CC2)cc1. The van der Waals surface area contributed by atoms with Gasteiger partial charge in [-0.1, -0.05) is 13.8 Å². The van der Waals surface area contributed by atoms with Gasteiger partial charge in [0.25, 0.3) is 5.91 Å². The summed E-state index contributed by atoms with van der Waals surface area (Å²) in [6.07, 6.45) is 1.15. The molecule has 1 aromatic rings. The standard InChI is InChI=1S/C16H24N2O4S/c1-11(2)10-17-16(19)12(3)22-14-6-8-15(9-7-14)23(20,21)18-13-4-5-13/h6-9,11-13,18H,4-5,10H2,1-3H3,(H,17,19)/t12-/m1/s1. The number of carbonyl (C=O) groups excluding carboxylic acids is 1. The minimum atomic E-state index is -3.46. The molecule has 1 fully saturated rings. The van der Waals surface area contributed by atoms with E-state index in [0.29, 0.717) is 18.2 Å². The lowest BCUT2D eigenvalue weighted by Crippen LogP contribution is -2.38. The summed E-state index contributed by atoms with van der Waals surface area (Å²) >= 11 is 0. The minimum absolute atomic E-state index is 0.0700. The lowest BCUT2D eigenvalue weighted by Gasteiger charge is -2.16. The Kier molecular flexibility index (Phi) is 5.64. The van der Waals surface area contributed by atoms with Gasteiger partial charge < -0.3 is 10.1 Å². The third kappa shape index (κ3) is 5.51. The topological polar surface area (TPSA) is 84.5 Å². The van der Waals surface area contributed by atoms with E-state index in [0.717, 1.165) is 12.8 Å². The van der Waals surface area contributed by atoms with Crippen LogP contribution in [0.5, 0.6) is 5.75 Å². The van der Waals surface area contributed by atoms with E-state index in [2.05, 4.69) is 10.0 Å². The van der Waals surface area contributed by atoms with Crippen LogP contribution in [0.15, 0.2) is 29.2 Å². The van der Waals surface area contributed by atoms with Gasteiger partial charge in [0.1, 0.15) is 5.75 Å². The van der Waals surface area contributed by atoms with Crippen molar-refractivity contribution in [1.82, 2.24) is 10.0 Å². The molecule has 1 aliphatic carbocycles. The third-order valence-electron chi connectivity index (χ3n) is 3.40. The fourth-order valence-corrected chi connectivity index (χ4v) is 3.20. The number of nitrogens with one attached hydrogen (secondary N) is 2. The summed E-state index contributed by atoms with van der Waals surface area (Å²) in [6, 6.07) is 6.17. The van der Waals surface area contributed by atoms with E-state index in [-0.39, 0.29) is 16.8 Å². The highest BCUT2D eigenvalue weighted by Crippen LogP contribution is 2.23. The number of hydrogen-bond acceptors (Lipinski definition) is 4. The van der Waals surface area contributed by atoms with Gasteiger partial charge in [-0.15, -0.1) is 0 Å². The Hall–Kier alpha value is -1.60. The van der Waals surface area contributed by atoms with Crippen molar-refractivity contribution in [2.24, 2.45) is 5.92 Å². The van der Waals surface area contributed by atoms with Gasteiger partial charge in [0, 0.05) is 12.6 Å². The normalized spacial score (nSPS) is 16.2. The van der Waals surface area contributed by atoms with E-state index in [4.69, 9.17) is 4.74 Å². The number of ether oxygens (including phenoxy) is 1. The van der Waals surface area contributed by atoms with Crippen molar-refractivity contribution >= 4 is 15.9 Å². The predicted octanol–water partition coefficient (Wildman–Crippen LogP) is 1.67. The Balaban J connectivity index is 1.92. The predicted molar refractivity (Wildman–Crippen MR) is 87.7 cm³/mol. The van der Waals surface area contributed by atoms with Gasteiger partial charge in [0.2, 0.25) is 10.0 Å². The zero-order valence-corrected chi connectivity index (χ0v) is 14.5. The maximum absolute atomic E-state index is 12.1. The van der Waals surface area contributed by atoms with Gasteiger partial charge in [-0.3, -0.25) is 4.79 Å². The molecule has 0 spiro atoms. The molecule has 0 bridgehead atoms. The molecular weight excluding hydrogens is 316 g/mol. The summed E-state index contributed by atoms with van der Waals surface area (Å²) < 4.78 is 32.3. The first kappa shape index (κ1) is 17.7. The molecule has 0 aromatic heterocycles. The molecule has 2 rings (SSSR count). The number of sulfonamides is 1. The highest BCUT2D eigenvalue weighted by Gasteiger charge is 2.27. The highest BCUT2D eigenvalue weighted by molar-refractivity contribution is 7.89. The van der Waals surface area contributed by atoms with Gasteiger partial charge in [-0.05, 0) is 49.9 Å². The van der Waals surface area contributed by atoms with Crippen LogP contribution in [0, 0.1) is 5.92 Å². The molecule has 7 heteroatoms. The average Bonchev–Trinajstić information content (AvgIpc) is 3.28. The van der Waals surface area contributed by atoms with Gasteiger partial charge in [-0.2, -0.15) is 0 Å². The van der Waals surface area contributed by atoms with Crippen LogP contribution >= 0.6 is 0 Å². The van der Waals surface area contributed by atoms with Gasteiger partial charge >= 0.3 is 0 Å². The number of benzene rings is 1. The molecule has 1 aromatic carbocycles. The Morgan fingerprint density at radius 1 is 1.22 bits per heavy atom. The van der Waals surface area contributed by atoms with Gasteiger partial charge in [0.05, 0.1) is 4.90 Å². The van der Waals surface area contributed by atoms with Crippen LogP contribution in [-0.4, -0.2) is 33.0 Å². The molecule has 128 valence electrons. The summed E-state index contributed by atoms with van der Waals surface area (Å²) in [6.45, 7) is 6.28. The molecule has 0 aliphatic heterocycles. The van der Waals surface area contributed by atoms with Crippen molar-refractivity contribution in [2.75, 3.05) is 6.54 Å². The average molecular weight is 340 g/mol. The quantitative estimate of drug-likeness (QED) is 0.754. The summed E-state index contributed by atoms with van der Waals surface area (Å²) in [4.78, 5) is 12.1.